The first-order valence-electron chi connectivity index (χ1n) is 13.6. The van der Waals surface area contributed by atoms with E-state index in [1.807, 2.05) is 38.1 Å². The number of unbranched alkanes of at least 4 members (excludes halogenated alkanes) is 3. The number of aromatic nitrogens is 3. The Kier molecular flexibility index (Phi) is 9.36. The predicted molar refractivity (Wildman–Crippen MR) is 147 cm³/mol. The molecule has 3 N–H and O–H groups in total. The lowest BCUT2D eigenvalue weighted by Crippen LogP contribution is -2.35. The third-order valence-electron chi connectivity index (χ3n) is 6.91. The summed E-state index contributed by atoms with van der Waals surface area (Å²) in [7, 11) is 0. The molecule has 4 rings (SSSR count). The van der Waals surface area contributed by atoms with Crippen LogP contribution in [0, 0.1) is 0 Å². The van der Waals surface area contributed by atoms with Gasteiger partial charge in [-0.25, -0.2) is 4.68 Å². The molecule has 2 heterocycles. The monoisotopic (exact) mass is 521 g/mol. The number of phenols is 2. The zero-order chi connectivity index (χ0) is 27.1. The minimum absolute atomic E-state index is 0.0143. The third-order valence-corrected chi connectivity index (χ3v) is 6.91. The molecule has 0 saturated carbocycles. The van der Waals surface area contributed by atoms with Crippen LogP contribution in [0.2, 0.25) is 0 Å². The molecule has 1 aromatic heterocycles. The van der Waals surface area contributed by atoms with E-state index >= 15 is 0 Å². The molecular weight excluding hydrogens is 482 g/mol. The number of benzene rings is 2. The molecule has 1 aliphatic heterocycles. The fourth-order valence-corrected chi connectivity index (χ4v) is 4.70. The fraction of sp³-hybridized carbons (Fsp3) is 0.483. The molecule has 1 aliphatic rings. The number of ether oxygens (including phenoxy) is 1. The van der Waals surface area contributed by atoms with Crippen LogP contribution in [-0.4, -0.2) is 68.9 Å². The summed E-state index contributed by atoms with van der Waals surface area (Å²) in [5, 5.41) is 32.6. The van der Waals surface area contributed by atoms with Gasteiger partial charge in [-0.05, 0) is 29.5 Å². The van der Waals surface area contributed by atoms with Gasteiger partial charge in [0, 0.05) is 37.8 Å². The summed E-state index contributed by atoms with van der Waals surface area (Å²) in [6.45, 7) is 10.7. The second-order valence-electron chi connectivity index (χ2n) is 10.2. The highest BCUT2D eigenvalue weighted by Crippen LogP contribution is 2.36. The minimum atomic E-state index is -0.303. The molecule has 3 aromatic rings. The van der Waals surface area contributed by atoms with Gasteiger partial charge in [0.1, 0.15) is 22.9 Å². The number of aromatic hydroxyl groups is 2. The lowest BCUT2D eigenvalue weighted by molar-refractivity contribution is 0.0342. The molecule has 2 aromatic carbocycles. The molecule has 0 unspecified atom stereocenters. The Morgan fingerprint density at radius 3 is 2.47 bits per heavy atom. The number of carbonyl (C=O) groups is 1. The van der Waals surface area contributed by atoms with Crippen LogP contribution in [0.15, 0.2) is 36.4 Å². The van der Waals surface area contributed by atoms with Crippen molar-refractivity contribution >= 4 is 5.91 Å². The summed E-state index contributed by atoms with van der Waals surface area (Å²) in [6, 6.07) is 11.0. The van der Waals surface area contributed by atoms with Crippen molar-refractivity contribution in [1.29, 1.82) is 0 Å². The maximum atomic E-state index is 13.2. The Bertz CT molecular complexity index is 1220. The van der Waals surface area contributed by atoms with Crippen molar-refractivity contribution in [2.24, 2.45) is 0 Å². The smallest absolute Gasteiger partial charge is 0.274 e. The molecule has 0 spiro atoms. The van der Waals surface area contributed by atoms with Gasteiger partial charge in [-0.1, -0.05) is 69.5 Å². The quantitative estimate of drug-likeness (QED) is 0.316. The van der Waals surface area contributed by atoms with Crippen LogP contribution in [0.3, 0.4) is 0 Å². The van der Waals surface area contributed by atoms with Crippen LogP contribution >= 0.6 is 0 Å². The van der Waals surface area contributed by atoms with Crippen molar-refractivity contribution in [3.8, 4) is 28.4 Å². The van der Waals surface area contributed by atoms with E-state index in [1.54, 1.807) is 6.07 Å². The van der Waals surface area contributed by atoms with Gasteiger partial charge in [0.2, 0.25) is 0 Å². The molecule has 9 heteroatoms. The van der Waals surface area contributed by atoms with E-state index in [9.17, 15) is 15.0 Å². The van der Waals surface area contributed by atoms with E-state index < -0.39 is 0 Å². The molecule has 1 fully saturated rings. The van der Waals surface area contributed by atoms with Crippen molar-refractivity contribution in [1.82, 2.24) is 25.2 Å². The summed E-state index contributed by atoms with van der Waals surface area (Å²) < 4.78 is 6.94. The Morgan fingerprint density at radius 2 is 1.79 bits per heavy atom. The zero-order valence-corrected chi connectivity index (χ0v) is 22.6. The molecule has 0 bridgehead atoms. The number of morpholine rings is 1. The molecule has 0 radical (unpaired) electrons. The molecular formula is C29H39N5O4. The highest BCUT2D eigenvalue weighted by molar-refractivity contribution is 5.98. The van der Waals surface area contributed by atoms with E-state index in [4.69, 9.17) is 4.74 Å². The average Bonchev–Trinajstić information content (AvgIpc) is 3.34. The van der Waals surface area contributed by atoms with Crippen molar-refractivity contribution < 1.29 is 19.7 Å². The number of phenolic OH excluding ortho intramolecular Hbond substituents is 2. The van der Waals surface area contributed by atoms with Gasteiger partial charge in [-0.2, -0.15) is 0 Å². The lowest BCUT2D eigenvalue weighted by Gasteiger charge is -2.26. The summed E-state index contributed by atoms with van der Waals surface area (Å²) in [5.41, 5.74) is 3.63. The molecule has 9 nitrogen and oxygen atoms in total. The number of nitrogens with zero attached hydrogens (tertiary/aromatic N) is 4. The average molecular weight is 522 g/mol. The Hall–Kier alpha value is -3.43. The van der Waals surface area contributed by atoms with Crippen LogP contribution in [-0.2, 0) is 11.3 Å². The van der Waals surface area contributed by atoms with E-state index in [0.717, 1.165) is 69.7 Å². The SMILES string of the molecule is CCCCCCNC(=O)c1nnn(-c2cc(C(C)C)c(O)cc2O)c1-c1ccc(CN2CCOCC2)cc1. The number of hydrogen-bond acceptors (Lipinski definition) is 7. The topological polar surface area (TPSA) is 113 Å². The number of rotatable bonds is 11. The number of amides is 1. The Balaban J connectivity index is 1.68. The molecule has 0 aliphatic carbocycles. The Labute approximate surface area is 224 Å². The van der Waals surface area contributed by atoms with Crippen molar-refractivity contribution in [3.05, 3.63) is 53.2 Å². The van der Waals surface area contributed by atoms with E-state index in [2.05, 4.69) is 27.5 Å². The second kappa shape index (κ2) is 12.9. The van der Waals surface area contributed by atoms with Crippen molar-refractivity contribution in [2.75, 3.05) is 32.8 Å². The van der Waals surface area contributed by atoms with Gasteiger partial charge in [0.25, 0.3) is 5.91 Å². The first-order valence-corrected chi connectivity index (χ1v) is 13.6. The molecule has 0 atom stereocenters. The summed E-state index contributed by atoms with van der Waals surface area (Å²) in [5.74, 6) is -0.414. The van der Waals surface area contributed by atoms with E-state index in [-0.39, 0.29) is 29.0 Å². The standard InChI is InChI=1S/C29H39N5O4/c1-4-5-6-7-12-30-29(37)27-28(22-10-8-21(9-11-22)19-33-13-15-38-16-14-33)34(32-31-27)24-17-23(20(2)3)25(35)18-26(24)36/h8-11,17-18,20,35-36H,4-7,12-16,19H2,1-3H3,(H,30,37). The zero-order valence-electron chi connectivity index (χ0n) is 22.6. The first kappa shape index (κ1) is 27.6. The predicted octanol–water partition coefficient (Wildman–Crippen LogP) is 4.61. The molecule has 38 heavy (non-hydrogen) atoms. The summed E-state index contributed by atoms with van der Waals surface area (Å²) in [4.78, 5) is 15.6. The Morgan fingerprint density at radius 1 is 1.05 bits per heavy atom. The third kappa shape index (κ3) is 6.52. The number of carbonyl (C=O) groups excluding carboxylic acids is 1. The molecule has 1 amide bonds. The maximum Gasteiger partial charge on any atom is 0.274 e. The van der Waals surface area contributed by atoms with Gasteiger partial charge in [0.15, 0.2) is 5.69 Å². The van der Waals surface area contributed by atoms with Crippen LogP contribution < -0.4 is 5.32 Å². The highest BCUT2D eigenvalue weighted by atomic mass is 16.5. The van der Waals surface area contributed by atoms with Crippen molar-refractivity contribution in [3.63, 3.8) is 0 Å². The first-order chi connectivity index (χ1) is 18.4. The van der Waals surface area contributed by atoms with Gasteiger partial charge in [0.05, 0.1) is 13.2 Å². The molecule has 204 valence electrons. The van der Waals surface area contributed by atoms with Crippen LogP contribution in [0.5, 0.6) is 11.5 Å². The largest absolute Gasteiger partial charge is 0.508 e. The van der Waals surface area contributed by atoms with Crippen LogP contribution in [0.4, 0.5) is 0 Å². The van der Waals surface area contributed by atoms with Crippen LogP contribution in [0.25, 0.3) is 16.9 Å². The minimum Gasteiger partial charge on any atom is -0.508 e. The van der Waals surface area contributed by atoms with E-state index in [1.165, 1.54) is 10.7 Å². The lowest BCUT2D eigenvalue weighted by atomic mass is 10.0. The highest BCUT2D eigenvalue weighted by Gasteiger charge is 2.25. The van der Waals surface area contributed by atoms with Gasteiger partial charge >= 0.3 is 0 Å². The maximum absolute atomic E-state index is 13.2. The van der Waals surface area contributed by atoms with Crippen LogP contribution in [0.1, 0.15) is 74.0 Å². The summed E-state index contributed by atoms with van der Waals surface area (Å²) in [6.07, 6.45) is 4.21. The van der Waals surface area contributed by atoms with Crippen molar-refractivity contribution in [2.45, 2.75) is 58.9 Å². The van der Waals surface area contributed by atoms with Gasteiger partial charge < -0.3 is 20.3 Å². The number of nitrogens with one attached hydrogen (secondary N) is 1. The van der Waals surface area contributed by atoms with E-state index in [0.29, 0.717) is 23.5 Å². The summed E-state index contributed by atoms with van der Waals surface area (Å²) >= 11 is 0. The van der Waals surface area contributed by atoms with Gasteiger partial charge in [-0.3, -0.25) is 9.69 Å². The second-order valence-corrected chi connectivity index (χ2v) is 10.2. The molecule has 1 saturated heterocycles. The number of hydrogen-bond donors (Lipinski definition) is 3. The van der Waals surface area contributed by atoms with Gasteiger partial charge in [-0.15, -0.1) is 5.10 Å². The fourth-order valence-electron chi connectivity index (χ4n) is 4.70. The normalized spacial score (nSPS) is 14.2.